The smallest absolute Gasteiger partial charge is 0.163 e. The van der Waals surface area contributed by atoms with Gasteiger partial charge in [0.25, 0.3) is 0 Å². The molecule has 0 aliphatic heterocycles. The van der Waals surface area contributed by atoms with Crippen LogP contribution >= 0.6 is 11.3 Å². The fourth-order valence-corrected chi connectivity index (χ4v) is 3.10. The Balaban J connectivity index is 2.41. The number of hydrogen-bond acceptors (Lipinski definition) is 4. The van der Waals surface area contributed by atoms with Crippen LogP contribution in [0.5, 0.6) is 5.75 Å². The van der Waals surface area contributed by atoms with E-state index in [1.165, 1.54) is 10.4 Å². The van der Waals surface area contributed by atoms with Gasteiger partial charge in [-0.1, -0.05) is 6.92 Å². The maximum Gasteiger partial charge on any atom is 0.163 e. The fraction of sp³-hybridized carbons (Fsp3) is 0.500. The molecule has 0 aliphatic rings. The molecule has 0 amide bonds. The average molecular weight is 280 g/mol. The van der Waals surface area contributed by atoms with Gasteiger partial charge >= 0.3 is 0 Å². The number of aromatic nitrogens is 2. The van der Waals surface area contributed by atoms with Gasteiger partial charge in [0.2, 0.25) is 0 Å². The number of aryl methyl sites for hydroxylation is 3. The molecule has 104 valence electrons. The lowest BCUT2D eigenvalue weighted by Gasteiger charge is -2.13. The first-order chi connectivity index (χ1) is 9.08. The van der Waals surface area contributed by atoms with Crippen molar-refractivity contribution in [2.75, 3.05) is 7.11 Å². The minimum Gasteiger partial charge on any atom is -0.493 e. The molecule has 5 heteroatoms. The summed E-state index contributed by atoms with van der Waals surface area (Å²) in [6.45, 7) is 6.99. The van der Waals surface area contributed by atoms with Gasteiger partial charge in [-0.2, -0.15) is 5.10 Å². The topological polar surface area (TPSA) is 47.3 Å². The van der Waals surface area contributed by atoms with Crippen LogP contribution < -0.4 is 4.74 Å². The Morgan fingerprint density at radius 2 is 2.21 bits per heavy atom. The number of ether oxygens (including phenoxy) is 1. The number of aliphatic hydroxyl groups excluding tert-OH is 1. The lowest BCUT2D eigenvalue weighted by molar-refractivity contribution is 0.205. The van der Waals surface area contributed by atoms with Crippen LogP contribution in [0, 0.1) is 13.8 Å². The normalized spacial score (nSPS) is 12.7. The molecular weight excluding hydrogens is 260 g/mol. The van der Waals surface area contributed by atoms with E-state index in [4.69, 9.17) is 4.74 Å². The highest BCUT2D eigenvalue weighted by atomic mass is 32.1. The number of methoxy groups -OCH3 is 1. The summed E-state index contributed by atoms with van der Waals surface area (Å²) in [7, 11) is 1.61. The second kappa shape index (κ2) is 5.75. The van der Waals surface area contributed by atoms with E-state index in [0.717, 1.165) is 23.5 Å². The van der Waals surface area contributed by atoms with Crippen molar-refractivity contribution >= 4 is 11.3 Å². The number of hydrogen-bond donors (Lipinski definition) is 1. The second-order valence-electron chi connectivity index (χ2n) is 4.61. The highest BCUT2D eigenvalue weighted by molar-refractivity contribution is 7.12. The van der Waals surface area contributed by atoms with Gasteiger partial charge in [-0.3, -0.25) is 4.68 Å². The van der Waals surface area contributed by atoms with Gasteiger partial charge in [-0.15, -0.1) is 11.3 Å². The van der Waals surface area contributed by atoms with Crippen molar-refractivity contribution in [1.82, 2.24) is 9.78 Å². The van der Waals surface area contributed by atoms with Gasteiger partial charge < -0.3 is 9.84 Å². The largest absolute Gasteiger partial charge is 0.493 e. The van der Waals surface area contributed by atoms with Crippen molar-refractivity contribution in [1.29, 1.82) is 0 Å². The lowest BCUT2D eigenvalue weighted by Crippen LogP contribution is -2.10. The highest BCUT2D eigenvalue weighted by Gasteiger charge is 2.23. The third-order valence-electron chi connectivity index (χ3n) is 3.21. The van der Waals surface area contributed by atoms with Crippen molar-refractivity contribution < 1.29 is 9.84 Å². The molecule has 0 radical (unpaired) electrons. The minimum atomic E-state index is -0.679. The number of rotatable bonds is 5. The molecule has 1 unspecified atom stereocenters. The lowest BCUT2D eigenvalue weighted by atomic mass is 10.1. The predicted molar refractivity (Wildman–Crippen MR) is 76.9 cm³/mol. The van der Waals surface area contributed by atoms with E-state index < -0.39 is 6.10 Å². The highest BCUT2D eigenvalue weighted by Crippen LogP contribution is 2.34. The first kappa shape index (κ1) is 14.1. The van der Waals surface area contributed by atoms with Gasteiger partial charge in [0.05, 0.1) is 13.3 Å². The van der Waals surface area contributed by atoms with Crippen molar-refractivity contribution in [3.05, 3.63) is 33.3 Å². The third kappa shape index (κ3) is 2.67. The van der Waals surface area contributed by atoms with E-state index in [-0.39, 0.29) is 0 Å². The summed E-state index contributed by atoms with van der Waals surface area (Å²) in [5, 5.41) is 14.9. The molecule has 0 fully saturated rings. The van der Waals surface area contributed by atoms with Crippen molar-refractivity contribution in [3.63, 3.8) is 0 Å². The molecular formula is C14H20N2O2S. The Hall–Kier alpha value is -1.33. The molecule has 0 aliphatic carbocycles. The zero-order chi connectivity index (χ0) is 14.0. The average Bonchev–Trinajstić information content (AvgIpc) is 2.94. The van der Waals surface area contributed by atoms with E-state index in [1.807, 2.05) is 10.7 Å². The van der Waals surface area contributed by atoms with Crippen LogP contribution in [-0.2, 0) is 6.54 Å². The van der Waals surface area contributed by atoms with Gasteiger partial charge in [-0.05, 0) is 31.9 Å². The number of thiophene rings is 1. The quantitative estimate of drug-likeness (QED) is 0.915. The van der Waals surface area contributed by atoms with Gasteiger partial charge in [-0.25, -0.2) is 0 Å². The standard InChI is InChI=1S/C14H20N2O2S/c1-5-6-16-13(11(18-4)8-15-16)14(17)12-7-9(2)10(3)19-12/h7-8,14,17H,5-6H2,1-4H3. The van der Waals surface area contributed by atoms with Crippen LogP contribution in [0.25, 0.3) is 0 Å². The van der Waals surface area contributed by atoms with E-state index in [2.05, 4.69) is 25.9 Å². The van der Waals surface area contributed by atoms with E-state index >= 15 is 0 Å². The molecule has 0 bridgehead atoms. The SMILES string of the molecule is CCCn1ncc(OC)c1C(O)c1cc(C)c(C)s1. The number of aliphatic hydroxyl groups is 1. The first-order valence-corrected chi connectivity index (χ1v) is 7.24. The molecule has 0 saturated heterocycles. The minimum absolute atomic E-state index is 0.643. The van der Waals surface area contributed by atoms with Crippen LogP contribution in [0.2, 0.25) is 0 Å². The predicted octanol–water partition coefficient (Wildman–Crippen LogP) is 3.06. The zero-order valence-electron chi connectivity index (χ0n) is 11.8. The summed E-state index contributed by atoms with van der Waals surface area (Å²) in [4.78, 5) is 2.17. The molecule has 4 nitrogen and oxygen atoms in total. The summed E-state index contributed by atoms with van der Waals surface area (Å²) in [6, 6.07) is 2.04. The Morgan fingerprint density at radius 1 is 1.47 bits per heavy atom. The maximum atomic E-state index is 10.6. The molecule has 2 aromatic rings. The summed E-state index contributed by atoms with van der Waals surface area (Å²) in [5.74, 6) is 0.643. The summed E-state index contributed by atoms with van der Waals surface area (Å²) >= 11 is 1.62. The van der Waals surface area contributed by atoms with Crippen molar-refractivity contribution in [2.45, 2.75) is 39.8 Å². The van der Waals surface area contributed by atoms with Crippen molar-refractivity contribution in [2.24, 2.45) is 0 Å². The van der Waals surface area contributed by atoms with Crippen molar-refractivity contribution in [3.8, 4) is 5.75 Å². The molecule has 0 aromatic carbocycles. The van der Waals surface area contributed by atoms with E-state index in [1.54, 1.807) is 24.6 Å². The monoisotopic (exact) mass is 280 g/mol. The Kier molecular flexibility index (Phi) is 4.27. The van der Waals surface area contributed by atoms with E-state index in [9.17, 15) is 5.11 Å². The third-order valence-corrected chi connectivity index (χ3v) is 4.42. The Bertz CT molecular complexity index is 540. The van der Waals surface area contributed by atoms with Crippen LogP contribution in [0.3, 0.4) is 0 Å². The summed E-state index contributed by atoms with van der Waals surface area (Å²) in [6.07, 6.45) is 1.95. The van der Waals surface area contributed by atoms with Gasteiger partial charge in [0.15, 0.2) is 5.75 Å². The number of nitrogens with zero attached hydrogens (tertiary/aromatic N) is 2. The molecule has 1 atom stereocenters. The molecule has 2 heterocycles. The van der Waals surface area contributed by atoms with Gasteiger partial charge in [0.1, 0.15) is 11.8 Å². The van der Waals surface area contributed by atoms with Gasteiger partial charge in [0, 0.05) is 16.3 Å². The molecule has 2 aromatic heterocycles. The summed E-state index contributed by atoms with van der Waals surface area (Å²) in [5.41, 5.74) is 1.95. The molecule has 2 rings (SSSR count). The molecule has 1 N–H and O–H groups in total. The zero-order valence-corrected chi connectivity index (χ0v) is 12.6. The molecule has 19 heavy (non-hydrogen) atoms. The molecule has 0 saturated carbocycles. The first-order valence-electron chi connectivity index (χ1n) is 6.43. The molecule has 0 spiro atoms. The second-order valence-corrected chi connectivity index (χ2v) is 5.90. The van der Waals surface area contributed by atoms with Crippen LogP contribution in [0.15, 0.2) is 12.3 Å². The van der Waals surface area contributed by atoms with E-state index in [0.29, 0.717) is 5.75 Å². The maximum absolute atomic E-state index is 10.6. The van der Waals surface area contributed by atoms with Crippen LogP contribution in [0.1, 0.15) is 40.5 Å². The Morgan fingerprint density at radius 3 is 2.74 bits per heavy atom. The van der Waals surface area contributed by atoms with Crippen LogP contribution in [-0.4, -0.2) is 22.0 Å². The Labute approximate surface area is 117 Å². The van der Waals surface area contributed by atoms with Crippen LogP contribution in [0.4, 0.5) is 0 Å². The summed E-state index contributed by atoms with van der Waals surface area (Å²) < 4.78 is 7.14. The fourth-order valence-electron chi connectivity index (χ4n) is 2.07.